The smallest absolute Gasteiger partial charge is 0.176 e. The molecule has 0 aliphatic carbocycles. The molecule has 3 heterocycles. The van der Waals surface area contributed by atoms with E-state index in [0.717, 1.165) is 23.4 Å². The molecule has 2 aromatic rings. The van der Waals surface area contributed by atoms with Gasteiger partial charge in [-0.3, -0.25) is 9.78 Å². The second-order valence-electron chi connectivity index (χ2n) is 4.84. The Bertz CT molecular complexity index is 713. The first-order chi connectivity index (χ1) is 10.7. The van der Waals surface area contributed by atoms with Gasteiger partial charge in [0.25, 0.3) is 0 Å². The SMILES string of the molecule is C=C(NC)c1ccc(N2CCOc3cc(C=O)cnc32)cn1. The van der Waals surface area contributed by atoms with E-state index in [1.807, 2.05) is 24.1 Å². The van der Waals surface area contributed by atoms with Crippen LogP contribution in [0.25, 0.3) is 5.70 Å². The van der Waals surface area contributed by atoms with Crippen molar-refractivity contribution in [2.75, 3.05) is 25.1 Å². The van der Waals surface area contributed by atoms with Crippen LogP contribution in [0.4, 0.5) is 11.5 Å². The zero-order valence-electron chi connectivity index (χ0n) is 12.2. The number of fused-ring (bicyclic) bond motifs is 1. The lowest BCUT2D eigenvalue weighted by Crippen LogP contribution is -2.29. The van der Waals surface area contributed by atoms with E-state index in [0.29, 0.717) is 30.3 Å². The summed E-state index contributed by atoms with van der Waals surface area (Å²) in [5.41, 5.74) is 2.98. The molecule has 1 aliphatic rings. The van der Waals surface area contributed by atoms with Gasteiger partial charge in [-0.25, -0.2) is 4.98 Å². The fourth-order valence-corrected chi connectivity index (χ4v) is 2.28. The molecule has 112 valence electrons. The van der Waals surface area contributed by atoms with Gasteiger partial charge in [0.2, 0.25) is 0 Å². The number of hydrogen-bond donors (Lipinski definition) is 1. The Morgan fingerprint density at radius 1 is 1.41 bits per heavy atom. The molecular formula is C16H16N4O2. The lowest BCUT2D eigenvalue weighted by molar-refractivity contribution is 0.112. The van der Waals surface area contributed by atoms with Crippen LogP contribution >= 0.6 is 0 Å². The zero-order valence-corrected chi connectivity index (χ0v) is 12.2. The summed E-state index contributed by atoms with van der Waals surface area (Å²) in [4.78, 5) is 21.6. The molecule has 0 fully saturated rings. The number of pyridine rings is 2. The third kappa shape index (κ3) is 2.50. The predicted molar refractivity (Wildman–Crippen MR) is 84.5 cm³/mol. The van der Waals surface area contributed by atoms with Gasteiger partial charge in [-0.05, 0) is 18.2 Å². The van der Waals surface area contributed by atoms with Crippen molar-refractivity contribution >= 4 is 23.5 Å². The van der Waals surface area contributed by atoms with Gasteiger partial charge in [-0.2, -0.15) is 0 Å². The first-order valence-electron chi connectivity index (χ1n) is 6.91. The molecule has 0 bridgehead atoms. The lowest BCUT2D eigenvalue weighted by Gasteiger charge is -2.29. The molecule has 22 heavy (non-hydrogen) atoms. The average molecular weight is 296 g/mol. The first-order valence-corrected chi connectivity index (χ1v) is 6.91. The van der Waals surface area contributed by atoms with Crippen LogP contribution in [0.1, 0.15) is 16.1 Å². The molecule has 2 aromatic heterocycles. The second kappa shape index (κ2) is 5.85. The molecular weight excluding hydrogens is 280 g/mol. The van der Waals surface area contributed by atoms with Crippen LogP contribution in [0.5, 0.6) is 5.75 Å². The number of hydrogen-bond acceptors (Lipinski definition) is 6. The number of nitrogens with zero attached hydrogens (tertiary/aromatic N) is 3. The highest BCUT2D eigenvalue weighted by Crippen LogP contribution is 2.34. The van der Waals surface area contributed by atoms with E-state index in [1.165, 1.54) is 6.20 Å². The summed E-state index contributed by atoms with van der Waals surface area (Å²) in [7, 11) is 1.81. The quantitative estimate of drug-likeness (QED) is 0.871. The minimum Gasteiger partial charge on any atom is -0.488 e. The van der Waals surface area contributed by atoms with Crippen molar-refractivity contribution in [2.45, 2.75) is 0 Å². The lowest BCUT2D eigenvalue weighted by atomic mass is 10.2. The van der Waals surface area contributed by atoms with Crippen molar-refractivity contribution in [2.24, 2.45) is 0 Å². The van der Waals surface area contributed by atoms with Crippen molar-refractivity contribution in [3.05, 3.63) is 48.4 Å². The Morgan fingerprint density at radius 3 is 2.95 bits per heavy atom. The average Bonchev–Trinajstić information content (AvgIpc) is 2.60. The van der Waals surface area contributed by atoms with E-state index in [9.17, 15) is 4.79 Å². The standard InChI is InChI=1S/C16H16N4O2/c1-11(17-2)14-4-3-13(9-18-14)20-5-6-22-15-7-12(10-21)8-19-16(15)20/h3-4,7-10,17H,1,5-6H2,2H3. The molecule has 0 amide bonds. The maximum absolute atomic E-state index is 10.8. The monoisotopic (exact) mass is 296 g/mol. The third-order valence-corrected chi connectivity index (χ3v) is 3.49. The number of ether oxygens (including phenoxy) is 1. The van der Waals surface area contributed by atoms with Crippen molar-refractivity contribution in [1.82, 2.24) is 15.3 Å². The summed E-state index contributed by atoms with van der Waals surface area (Å²) >= 11 is 0. The molecule has 0 saturated carbocycles. The van der Waals surface area contributed by atoms with E-state index >= 15 is 0 Å². The van der Waals surface area contributed by atoms with Crippen LogP contribution in [0.2, 0.25) is 0 Å². The highest BCUT2D eigenvalue weighted by Gasteiger charge is 2.21. The fourth-order valence-electron chi connectivity index (χ4n) is 2.28. The normalized spacial score (nSPS) is 13.0. The number of rotatable bonds is 4. The molecule has 3 rings (SSSR count). The van der Waals surface area contributed by atoms with Crippen LogP contribution in [-0.4, -0.2) is 36.5 Å². The van der Waals surface area contributed by atoms with Gasteiger partial charge in [-0.1, -0.05) is 6.58 Å². The molecule has 0 aromatic carbocycles. The minimum atomic E-state index is 0.499. The molecule has 0 atom stereocenters. The van der Waals surface area contributed by atoms with Crippen molar-refractivity contribution in [3.8, 4) is 5.75 Å². The van der Waals surface area contributed by atoms with Crippen LogP contribution < -0.4 is 15.0 Å². The second-order valence-corrected chi connectivity index (χ2v) is 4.84. The van der Waals surface area contributed by atoms with E-state index in [-0.39, 0.29) is 0 Å². The summed E-state index contributed by atoms with van der Waals surface area (Å²) in [5, 5.41) is 2.97. The number of nitrogens with one attached hydrogen (secondary N) is 1. The van der Waals surface area contributed by atoms with Crippen LogP contribution in [0.15, 0.2) is 37.2 Å². The summed E-state index contributed by atoms with van der Waals surface area (Å²) in [5.74, 6) is 1.30. The Kier molecular flexibility index (Phi) is 3.74. The molecule has 0 spiro atoms. The molecule has 0 unspecified atom stereocenters. The molecule has 0 saturated heterocycles. The fraction of sp³-hybridized carbons (Fsp3) is 0.188. The predicted octanol–water partition coefficient (Wildman–Crippen LogP) is 2.01. The summed E-state index contributed by atoms with van der Waals surface area (Å²) in [6.07, 6.45) is 4.08. The Labute approximate surface area is 128 Å². The molecule has 1 N–H and O–H groups in total. The molecule has 1 aliphatic heterocycles. The minimum absolute atomic E-state index is 0.499. The van der Waals surface area contributed by atoms with Crippen LogP contribution in [0.3, 0.4) is 0 Å². The van der Waals surface area contributed by atoms with E-state index in [1.54, 1.807) is 12.3 Å². The Morgan fingerprint density at radius 2 is 2.27 bits per heavy atom. The number of carbonyl (C=O) groups excluding carboxylic acids is 1. The van der Waals surface area contributed by atoms with Gasteiger partial charge >= 0.3 is 0 Å². The van der Waals surface area contributed by atoms with E-state index in [2.05, 4.69) is 21.9 Å². The highest BCUT2D eigenvalue weighted by atomic mass is 16.5. The van der Waals surface area contributed by atoms with E-state index < -0.39 is 0 Å². The van der Waals surface area contributed by atoms with Crippen molar-refractivity contribution in [3.63, 3.8) is 0 Å². The number of carbonyl (C=O) groups is 1. The zero-order chi connectivity index (χ0) is 15.5. The summed E-state index contributed by atoms with van der Waals surface area (Å²) in [6.45, 7) is 5.09. The summed E-state index contributed by atoms with van der Waals surface area (Å²) < 4.78 is 5.59. The van der Waals surface area contributed by atoms with Crippen molar-refractivity contribution in [1.29, 1.82) is 0 Å². The highest BCUT2D eigenvalue weighted by molar-refractivity contribution is 5.78. The number of aldehydes is 1. The van der Waals surface area contributed by atoms with Crippen LogP contribution in [0, 0.1) is 0 Å². The van der Waals surface area contributed by atoms with Crippen molar-refractivity contribution < 1.29 is 9.53 Å². The summed E-state index contributed by atoms with van der Waals surface area (Å²) in [6, 6.07) is 5.57. The first kappa shape index (κ1) is 14.1. The molecule has 6 heteroatoms. The largest absolute Gasteiger partial charge is 0.488 e. The number of aromatic nitrogens is 2. The van der Waals surface area contributed by atoms with Gasteiger partial charge in [-0.15, -0.1) is 0 Å². The number of anilines is 2. The Hall–Kier alpha value is -2.89. The Balaban J connectivity index is 1.93. The van der Waals surface area contributed by atoms with Gasteiger partial charge in [0.1, 0.15) is 6.61 Å². The van der Waals surface area contributed by atoms with Gasteiger partial charge in [0, 0.05) is 18.8 Å². The maximum Gasteiger partial charge on any atom is 0.176 e. The van der Waals surface area contributed by atoms with E-state index in [4.69, 9.17) is 4.74 Å². The van der Waals surface area contributed by atoms with Gasteiger partial charge < -0.3 is 15.0 Å². The van der Waals surface area contributed by atoms with Gasteiger partial charge in [0.05, 0.1) is 29.8 Å². The molecule has 6 nitrogen and oxygen atoms in total. The third-order valence-electron chi connectivity index (χ3n) is 3.49. The van der Waals surface area contributed by atoms with Crippen LogP contribution in [-0.2, 0) is 0 Å². The molecule has 0 radical (unpaired) electrons. The van der Waals surface area contributed by atoms with Gasteiger partial charge in [0.15, 0.2) is 17.9 Å². The topological polar surface area (TPSA) is 67.3 Å². The maximum atomic E-state index is 10.8.